The Bertz CT molecular complexity index is 1060. The molecule has 9 atom stereocenters. The number of carbonyl (C=O) groups is 1. The standard InChI is InChI=1S/C26H45NO8S2/c1-17(4-9-24(28)27-14-15-36(29,30)31)21-7-8-22-20-6-5-18-16-19(35-37(32,33)34)10-12-25(18,2)23(20)11-13-26(21,22)3/h17-23H,4-16H2,1-3H3,(H,27,28)(H,29,30,31)(H,32,33,34)/t17-,18-,19-,20+,21-,22-,23-,25+,26-/m1/s1. The summed E-state index contributed by atoms with van der Waals surface area (Å²) >= 11 is 0. The Morgan fingerprint density at radius 3 is 2.32 bits per heavy atom. The summed E-state index contributed by atoms with van der Waals surface area (Å²) in [6.07, 6.45) is 10.1. The minimum atomic E-state index is -4.42. The van der Waals surface area contributed by atoms with E-state index in [1.54, 1.807) is 0 Å². The molecule has 9 nitrogen and oxygen atoms in total. The van der Waals surface area contributed by atoms with Gasteiger partial charge in [0.05, 0.1) is 11.9 Å². The summed E-state index contributed by atoms with van der Waals surface area (Å²) in [5.74, 6) is 2.75. The molecule has 4 fully saturated rings. The highest BCUT2D eigenvalue weighted by molar-refractivity contribution is 7.85. The fourth-order valence-corrected chi connectivity index (χ4v) is 10.3. The first-order chi connectivity index (χ1) is 17.1. The highest BCUT2D eigenvalue weighted by Gasteiger charge is 2.60. The van der Waals surface area contributed by atoms with Crippen LogP contribution in [0.25, 0.3) is 0 Å². The van der Waals surface area contributed by atoms with Crippen molar-refractivity contribution in [3.8, 4) is 0 Å². The van der Waals surface area contributed by atoms with E-state index in [0.717, 1.165) is 19.3 Å². The molecular formula is C26H45NO8S2. The number of fused-ring (bicyclic) bond motifs is 5. The van der Waals surface area contributed by atoms with Crippen LogP contribution in [0.4, 0.5) is 0 Å². The Hall–Kier alpha value is -0.750. The Morgan fingerprint density at radius 1 is 0.973 bits per heavy atom. The third-order valence-corrected chi connectivity index (χ3v) is 12.4. The highest BCUT2D eigenvalue weighted by Crippen LogP contribution is 2.68. The van der Waals surface area contributed by atoms with Gasteiger partial charge in [-0.25, -0.2) is 4.18 Å². The van der Waals surface area contributed by atoms with Gasteiger partial charge in [-0.3, -0.25) is 13.9 Å². The molecule has 0 aromatic heterocycles. The van der Waals surface area contributed by atoms with Crippen molar-refractivity contribution in [1.82, 2.24) is 5.32 Å². The van der Waals surface area contributed by atoms with Gasteiger partial charge in [-0.2, -0.15) is 16.8 Å². The largest absolute Gasteiger partial charge is 0.397 e. The molecule has 214 valence electrons. The topological polar surface area (TPSA) is 147 Å². The zero-order valence-electron chi connectivity index (χ0n) is 22.4. The number of carbonyl (C=O) groups excluding carboxylic acids is 1. The van der Waals surface area contributed by atoms with Crippen molar-refractivity contribution in [2.45, 2.75) is 97.5 Å². The molecule has 4 rings (SSSR count). The molecule has 4 aliphatic rings. The number of rotatable bonds is 9. The van der Waals surface area contributed by atoms with Gasteiger partial charge in [-0.05, 0) is 111 Å². The molecule has 0 unspecified atom stereocenters. The van der Waals surface area contributed by atoms with Crippen molar-refractivity contribution in [3.63, 3.8) is 0 Å². The van der Waals surface area contributed by atoms with Crippen LogP contribution in [0.2, 0.25) is 0 Å². The monoisotopic (exact) mass is 563 g/mol. The van der Waals surface area contributed by atoms with E-state index in [9.17, 15) is 21.6 Å². The summed E-state index contributed by atoms with van der Waals surface area (Å²) in [7, 11) is -8.49. The van der Waals surface area contributed by atoms with Crippen molar-refractivity contribution in [2.75, 3.05) is 12.3 Å². The van der Waals surface area contributed by atoms with Crippen molar-refractivity contribution >= 4 is 26.4 Å². The van der Waals surface area contributed by atoms with Crippen LogP contribution < -0.4 is 5.32 Å². The van der Waals surface area contributed by atoms with Gasteiger partial charge < -0.3 is 5.32 Å². The Labute approximate surface area is 222 Å². The van der Waals surface area contributed by atoms with E-state index in [4.69, 9.17) is 13.3 Å². The average molecular weight is 564 g/mol. The summed E-state index contributed by atoms with van der Waals surface area (Å²) in [4.78, 5) is 12.2. The van der Waals surface area contributed by atoms with E-state index in [1.807, 2.05) is 0 Å². The molecule has 4 saturated carbocycles. The molecule has 4 aliphatic carbocycles. The van der Waals surface area contributed by atoms with Crippen LogP contribution in [0.5, 0.6) is 0 Å². The lowest BCUT2D eigenvalue weighted by Gasteiger charge is -2.61. The fraction of sp³-hybridized carbons (Fsp3) is 0.962. The van der Waals surface area contributed by atoms with Crippen LogP contribution in [0.15, 0.2) is 0 Å². The fourth-order valence-electron chi connectivity index (χ4n) is 9.42. The smallest absolute Gasteiger partial charge is 0.355 e. The predicted molar refractivity (Wildman–Crippen MR) is 139 cm³/mol. The summed E-state index contributed by atoms with van der Waals surface area (Å²) in [6.45, 7) is 7.07. The van der Waals surface area contributed by atoms with E-state index in [0.29, 0.717) is 54.8 Å². The molecule has 11 heteroatoms. The first kappa shape index (κ1) is 29.2. The van der Waals surface area contributed by atoms with Crippen molar-refractivity contribution < 1.29 is 34.9 Å². The van der Waals surface area contributed by atoms with Gasteiger partial charge in [-0.1, -0.05) is 20.8 Å². The average Bonchev–Trinajstić information content (AvgIpc) is 3.13. The summed E-state index contributed by atoms with van der Waals surface area (Å²) in [5.41, 5.74) is 0.448. The quantitative estimate of drug-likeness (QED) is 0.353. The SMILES string of the molecule is C[C@H](CCC(=O)NCCS(=O)(=O)O)[C@H]1CC[C@@H]2[C@@H]3CC[C@@H]4C[C@H](OS(=O)(=O)O)CC[C@]4(C)[C@@H]3CC[C@@]21C. The van der Waals surface area contributed by atoms with Crippen molar-refractivity contribution in [1.29, 1.82) is 0 Å². The van der Waals surface area contributed by atoms with Gasteiger partial charge in [0.2, 0.25) is 5.91 Å². The van der Waals surface area contributed by atoms with Crippen LogP contribution in [-0.4, -0.2) is 50.2 Å². The van der Waals surface area contributed by atoms with E-state index in [2.05, 4.69) is 26.1 Å². The van der Waals surface area contributed by atoms with Crippen LogP contribution in [0, 0.1) is 46.3 Å². The zero-order valence-corrected chi connectivity index (χ0v) is 24.0. The number of hydrogen-bond donors (Lipinski definition) is 3. The van der Waals surface area contributed by atoms with E-state index in [1.165, 1.54) is 32.1 Å². The predicted octanol–water partition coefficient (Wildman–Crippen LogP) is 4.25. The lowest BCUT2D eigenvalue weighted by molar-refractivity contribution is -0.127. The van der Waals surface area contributed by atoms with Crippen LogP contribution in [0.3, 0.4) is 0 Å². The summed E-state index contributed by atoms with van der Waals surface area (Å²) in [5, 5.41) is 2.60. The molecule has 0 aromatic carbocycles. The Kier molecular flexibility index (Phi) is 8.43. The normalized spacial score (nSPS) is 40.8. The molecule has 0 heterocycles. The molecule has 0 saturated heterocycles. The van der Waals surface area contributed by atoms with E-state index >= 15 is 0 Å². The molecule has 37 heavy (non-hydrogen) atoms. The molecule has 0 radical (unpaired) electrons. The van der Waals surface area contributed by atoms with Crippen molar-refractivity contribution in [3.05, 3.63) is 0 Å². The third kappa shape index (κ3) is 6.36. The molecule has 0 bridgehead atoms. The van der Waals surface area contributed by atoms with Gasteiger partial charge in [0.25, 0.3) is 10.1 Å². The minimum absolute atomic E-state index is 0.0687. The van der Waals surface area contributed by atoms with E-state index in [-0.39, 0.29) is 23.3 Å². The van der Waals surface area contributed by atoms with Gasteiger partial charge in [0.15, 0.2) is 0 Å². The summed E-state index contributed by atoms with van der Waals surface area (Å²) in [6, 6.07) is 0. The van der Waals surface area contributed by atoms with Gasteiger partial charge >= 0.3 is 10.4 Å². The minimum Gasteiger partial charge on any atom is -0.355 e. The number of nitrogens with one attached hydrogen (secondary N) is 1. The molecule has 1 amide bonds. The molecule has 3 N–H and O–H groups in total. The van der Waals surface area contributed by atoms with Crippen LogP contribution >= 0.6 is 0 Å². The molecular weight excluding hydrogens is 518 g/mol. The first-order valence-corrected chi connectivity index (χ1v) is 17.0. The second kappa shape index (κ2) is 10.7. The van der Waals surface area contributed by atoms with Crippen LogP contribution in [0.1, 0.15) is 91.4 Å². The maximum Gasteiger partial charge on any atom is 0.397 e. The maximum absolute atomic E-state index is 12.2. The second-order valence-corrected chi connectivity index (χ2v) is 15.6. The lowest BCUT2D eigenvalue weighted by Crippen LogP contribution is -2.54. The first-order valence-electron chi connectivity index (χ1n) is 14.0. The summed E-state index contributed by atoms with van der Waals surface area (Å²) < 4.78 is 67.2. The van der Waals surface area contributed by atoms with E-state index < -0.39 is 32.4 Å². The highest BCUT2D eigenvalue weighted by atomic mass is 32.3. The lowest BCUT2D eigenvalue weighted by atomic mass is 9.44. The number of amides is 1. The van der Waals surface area contributed by atoms with Crippen LogP contribution in [-0.2, 0) is 29.5 Å². The molecule has 0 spiro atoms. The van der Waals surface area contributed by atoms with Crippen molar-refractivity contribution in [2.24, 2.45) is 46.3 Å². The third-order valence-electron chi connectivity index (χ3n) is 11.1. The zero-order chi connectivity index (χ0) is 27.2. The second-order valence-electron chi connectivity index (χ2n) is 13.0. The van der Waals surface area contributed by atoms with Gasteiger partial charge in [0, 0.05) is 13.0 Å². The maximum atomic E-state index is 12.2. The molecule has 0 aromatic rings. The Morgan fingerprint density at radius 2 is 1.65 bits per heavy atom. The van der Waals surface area contributed by atoms with Gasteiger partial charge in [-0.15, -0.1) is 0 Å². The Balaban J connectivity index is 1.35. The van der Waals surface area contributed by atoms with Gasteiger partial charge in [0.1, 0.15) is 0 Å². The number of hydrogen-bond acceptors (Lipinski definition) is 6. The molecule has 0 aliphatic heterocycles.